The van der Waals surface area contributed by atoms with Gasteiger partial charge >= 0.3 is 0 Å². The van der Waals surface area contributed by atoms with Crippen molar-refractivity contribution in [3.05, 3.63) is 35.4 Å². The molecule has 1 aliphatic rings. The van der Waals surface area contributed by atoms with Crippen LogP contribution in [-0.2, 0) is 6.61 Å². The Hall–Kier alpha value is -0.860. The van der Waals surface area contributed by atoms with E-state index in [1.54, 1.807) is 0 Å². The highest BCUT2D eigenvalue weighted by Crippen LogP contribution is 2.33. The molecular weight excluding hydrogens is 186 g/mol. The third kappa shape index (κ3) is 2.21. The first kappa shape index (κ1) is 10.7. The summed E-state index contributed by atoms with van der Waals surface area (Å²) in [6, 6.07) is 8.39. The molecule has 2 nitrogen and oxygen atoms in total. The van der Waals surface area contributed by atoms with Gasteiger partial charge in [-0.05, 0) is 29.9 Å². The fourth-order valence-corrected chi connectivity index (χ4v) is 2.59. The van der Waals surface area contributed by atoms with Crippen molar-refractivity contribution in [1.29, 1.82) is 0 Å². The molecular formula is C13H19NO. The zero-order valence-electron chi connectivity index (χ0n) is 9.02. The van der Waals surface area contributed by atoms with Crippen LogP contribution < -0.4 is 5.73 Å². The summed E-state index contributed by atoms with van der Waals surface area (Å²) in [6.45, 7) is 0.124. The standard InChI is InChI=1S/C13H19NO/c14-13-8-4-3-7-12(13)11-6-2-1-5-10(11)9-15/h1-2,5-6,12-13,15H,3-4,7-9,14H2. The average molecular weight is 205 g/mol. The Labute approximate surface area is 91.1 Å². The summed E-state index contributed by atoms with van der Waals surface area (Å²) in [6.07, 6.45) is 4.79. The van der Waals surface area contributed by atoms with Crippen molar-refractivity contribution in [3.63, 3.8) is 0 Å². The fourth-order valence-electron chi connectivity index (χ4n) is 2.59. The van der Waals surface area contributed by atoms with Crippen LogP contribution in [0.25, 0.3) is 0 Å². The van der Waals surface area contributed by atoms with Gasteiger partial charge in [0, 0.05) is 6.04 Å². The molecule has 2 unspecified atom stereocenters. The molecule has 2 heteroatoms. The Morgan fingerprint density at radius 3 is 2.67 bits per heavy atom. The van der Waals surface area contributed by atoms with E-state index in [1.807, 2.05) is 18.2 Å². The molecule has 0 aromatic heterocycles. The van der Waals surface area contributed by atoms with E-state index in [-0.39, 0.29) is 12.6 Å². The fraction of sp³-hybridized carbons (Fsp3) is 0.538. The number of aliphatic hydroxyl groups is 1. The van der Waals surface area contributed by atoms with Crippen LogP contribution in [0.1, 0.15) is 42.7 Å². The van der Waals surface area contributed by atoms with E-state index in [2.05, 4.69) is 6.07 Å². The van der Waals surface area contributed by atoms with Gasteiger partial charge < -0.3 is 10.8 Å². The minimum atomic E-state index is 0.124. The number of benzene rings is 1. The first-order valence-corrected chi connectivity index (χ1v) is 5.77. The molecule has 1 aliphatic carbocycles. The Kier molecular flexibility index (Phi) is 3.39. The molecule has 0 bridgehead atoms. The summed E-state index contributed by atoms with van der Waals surface area (Å²) < 4.78 is 0. The van der Waals surface area contributed by atoms with Crippen LogP contribution in [0.15, 0.2) is 24.3 Å². The summed E-state index contributed by atoms with van der Waals surface area (Å²) in [5, 5.41) is 9.29. The van der Waals surface area contributed by atoms with Crippen LogP contribution in [0.2, 0.25) is 0 Å². The first-order valence-electron chi connectivity index (χ1n) is 5.77. The molecule has 0 radical (unpaired) electrons. The molecule has 3 N–H and O–H groups in total. The maximum Gasteiger partial charge on any atom is 0.0684 e. The van der Waals surface area contributed by atoms with E-state index in [0.29, 0.717) is 5.92 Å². The number of aliphatic hydroxyl groups excluding tert-OH is 1. The van der Waals surface area contributed by atoms with Crippen molar-refractivity contribution in [3.8, 4) is 0 Å². The van der Waals surface area contributed by atoms with E-state index in [4.69, 9.17) is 5.73 Å². The highest BCUT2D eigenvalue weighted by molar-refractivity contribution is 5.31. The summed E-state index contributed by atoms with van der Waals surface area (Å²) >= 11 is 0. The van der Waals surface area contributed by atoms with Gasteiger partial charge in [-0.1, -0.05) is 37.1 Å². The van der Waals surface area contributed by atoms with Gasteiger partial charge in [0.2, 0.25) is 0 Å². The maximum absolute atomic E-state index is 9.29. The van der Waals surface area contributed by atoms with Gasteiger partial charge in [0.1, 0.15) is 0 Å². The Morgan fingerprint density at radius 2 is 1.93 bits per heavy atom. The molecule has 0 heterocycles. The highest BCUT2D eigenvalue weighted by Gasteiger charge is 2.24. The minimum Gasteiger partial charge on any atom is -0.392 e. The van der Waals surface area contributed by atoms with Gasteiger partial charge in [0.05, 0.1) is 6.61 Å². The van der Waals surface area contributed by atoms with Crippen molar-refractivity contribution in [1.82, 2.24) is 0 Å². The first-order chi connectivity index (χ1) is 7.33. The summed E-state index contributed by atoms with van der Waals surface area (Å²) in [5.74, 6) is 0.446. The van der Waals surface area contributed by atoms with Crippen LogP contribution in [0.3, 0.4) is 0 Å². The van der Waals surface area contributed by atoms with Crippen molar-refractivity contribution < 1.29 is 5.11 Å². The zero-order chi connectivity index (χ0) is 10.7. The van der Waals surface area contributed by atoms with Crippen molar-refractivity contribution >= 4 is 0 Å². The second-order valence-corrected chi connectivity index (χ2v) is 4.41. The molecule has 1 saturated carbocycles. The predicted molar refractivity (Wildman–Crippen MR) is 61.5 cm³/mol. The zero-order valence-corrected chi connectivity index (χ0v) is 9.02. The molecule has 0 amide bonds. The molecule has 82 valence electrons. The van der Waals surface area contributed by atoms with E-state index in [9.17, 15) is 5.11 Å². The van der Waals surface area contributed by atoms with Crippen molar-refractivity contribution in [2.45, 2.75) is 44.2 Å². The normalized spacial score (nSPS) is 26.5. The lowest BCUT2D eigenvalue weighted by Crippen LogP contribution is -2.31. The molecule has 0 aliphatic heterocycles. The molecule has 1 fully saturated rings. The molecule has 1 aromatic carbocycles. The third-order valence-corrected chi connectivity index (χ3v) is 3.44. The lowest BCUT2D eigenvalue weighted by atomic mass is 9.79. The summed E-state index contributed by atoms with van der Waals surface area (Å²) in [5.41, 5.74) is 8.45. The molecule has 1 aromatic rings. The van der Waals surface area contributed by atoms with Gasteiger partial charge in [-0.3, -0.25) is 0 Å². The van der Waals surface area contributed by atoms with E-state index >= 15 is 0 Å². The number of hydrogen-bond donors (Lipinski definition) is 2. The van der Waals surface area contributed by atoms with Gasteiger partial charge in [-0.15, -0.1) is 0 Å². The third-order valence-electron chi connectivity index (χ3n) is 3.44. The summed E-state index contributed by atoms with van der Waals surface area (Å²) in [7, 11) is 0. The smallest absolute Gasteiger partial charge is 0.0684 e. The lowest BCUT2D eigenvalue weighted by Gasteiger charge is -2.30. The average Bonchev–Trinajstić information content (AvgIpc) is 2.30. The second kappa shape index (κ2) is 4.77. The van der Waals surface area contributed by atoms with Gasteiger partial charge in [-0.25, -0.2) is 0 Å². The molecule has 2 rings (SSSR count). The van der Waals surface area contributed by atoms with Crippen LogP contribution >= 0.6 is 0 Å². The lowest BCUT2D eigenvalue weighted by molar-refractivity contribution is 0.277. The summed E-state index contributed by atoms with van der Waals surface area (Å²) in [4.78, 5) is 0. The van der Waals surface area contributed by atoms with E-state index in [1.165, 1.54) is 18.4 Å². The van der Waals surface area contributed by atoms with Crippen LogP contribution in [-0.4, -0.2) is 11.1 Å². The van der Waals surface area contributed by atoms with Crippen molar-refractivity contribution in [2.75, 3.05) is 0 Å². The molecule has 0 saturated heterocycles. The molecule has 2 atom stereocenters. The molecule has 15 heavy (non-hydrogen) atoms. The monoisotopic (exact) mass is 205 g/mol. The van der Waals surface area contributed by atoms with E-state index in [0.717, 1.165) is 18.4 Å². The number of hydrogen-bond acceptors (Lipinski definition) is 2. The van der Waals surface area contributed by atoms with Gasteiger partial charge in [0.25, 0.3) is 0 Å². The predicted octanol–water partition coefficient (Wildman–Crippen LogP) is 2.16. The Morgan fingerprint density at radius 1 is 1.20 bits per heavy atom. The number of rotatable bonds is 2. The van der Waals surface area contributed by atoms with Crippen LogP contribution in [0, 0.1) is 0 Å². The maximum atomic E-state index is 9.29. The Balaban J connectivity index is 2.26. The largest absolute Gasteiger partial charge is 0.392 e. The van der Waals surface area contributed by atoms with E-state index < -0.39 is 0 Å². The second-order valence-electron chi connectivity index (χ2n) is 4.41. The Bertz CT molecular complexity index is 324. The minimum absolute atomic E-state index is 0.124. The SMILES string of the molecule is NC1CCCCC1c1ccccc1CO. The number of nitrogens with two attached hydrogens (primary N) is 1. The van der Waals surface area contributed by atoms with Gasteiger partial charge in [0.15, 0.2) is 0 Å². The highest BCUT2D eigenvalue weighted by atomic mass is 16.3. The van der Waals surface area contributed by atoms with Crippen molar-refractivity contribution in [2.24, 2.45) is 5.73 Å². The van der Waals surface area contributed by atoms with Crippen LogP contribution in [0.4, 0.5) is 0 Å². The van der Waals surface area contributed by atoms with Gasteiger partial charge in [-0.2, -0.15) is 0 Å². The topological polar surface area (TPSA) is 46.2 Å². The quantitative estimate of drug-likeness (QED) is 0.777. The van der Waals surface area contributed by atoms with Crippen LogP contribution in [0.5, 0.6) is 0 Å². The molecule has 0 spiro atoms.